The van der Waals surface area contributed by atoms with E-state index in [2.05, 4.69) is 9.97 Å². The van der Waals surface area contributed by atoms with Gasteiger partial charge in [-0.1, -0.05) is 19.1 Å². The predicted octanol–water partition coefficient (Wildman–Crippen LogP) is 3.60. The molecule has 1 heterocycles. The van der Waals surface area contributed by atoms with Crippen LogP contribution in [0.3, 0.4) is 0 Å². The Balaban J connectivity index is 2.19. The number of hydrogen-bond acceptors (Lipinski definition) is 4. The van der Waals surface area contributed by atoms with E-state index in [-0.39, 0.29) is 29.8 Å². The Labute approximate surface area is 135 Å². The van der Waals surface area contributed by atoms with E-state index < -0.39 is 5.92 Å². The van der Waals surface area contributed by atoms with E-state index in [0.717, 1.165) is 17.0 Å². The number of rotatable bonds is 5. The highest BCUT2D eigenvalue weighted by Gasteiger charge is 2.25. The van der Waals surface area contributed by atoms with Crippen molar-refractivity contribution >= 4 is 5.78 Å². The highest BCUT2D eigenvalue weighted by molar-refractivity contribution is 5.88. The fraction of sp³-hybridized carbons (Fsp3) is 0.333. The first-order chi connectivity index (χ1) is 10.9. The molecule has 5 heteroatoms. The molecule has 0 aliphatic rings. The number of Topliss-reactive ketones (excluding diaryl/α,β-unsaturated/α-hetero) is 1. The summed E-state index contributed by atoms with van der Waals surface area (Å²) in [5.41, 5.74) is 2.17. The minimum Gasteiger partial charge on any atom is -0.298 e. The average molecular weight is 311 g/mol. The Kier molecular flexibility index (Phi) is 5.17. The van der Waals surface area contributed by atoms with Crippen molar-refractivity contribution in [2.75, 3.05) is 0 Å². The molecule has 0 aliphatic heterocycles. The Morgan fingerprint density at radius 3 is 2.48 bits per heavy atom. The van der Waals surface area contributed by atoms with Crippen LogP contribution < -0.4 is 0 Å². The lowest BCUT2D eigenvalue weighted by atomic mass is 9.90. The molecule has 4 nitrogen and oxygen atoms in total. The maximum atomic E-state index is 13.3. The number of carbonyl (C=O) groups excluding carboxylic acids is 1. The molecule has 2 atom stereocenters. The molecule has 0 aliphatic carbocycles. The molecule has 0 N–H and O–H groups in total. The minimum atomic E-state index is -0.996. The van der Waals surface area contributed by atoms with Gasteiger partial charge in [0.05, 0.1) is 6.07 Å². The molecule has 0 amide bonds. The summed E-state index contributed by atoms with van der Waals surface area (Å²) in [6.07, 6.45) is 0.137. The lowest BCUT2D eigenvalue weighted by molar-refractivity contribution is -0.119. The van der Waals surface area contributed by atoms with Crippen LogP contribution in [0.5, 0.6) is 0 Å². The number of nitrogens with zero attached hydrogens (tertiary/aromatic N) is 3. The number of halogens is 1. The third-order valence-electron chi connectivity index (χ3n) is 3.63. The minimum absolute atomic E-state index is 0.137. The van der Waals surface area contributed by atoms with E-state index in [1.165, 1.54) is 12.1 Å². The number of nitriles is 1. The third-order valence-corrected chi connectivity index (χ3v) is 3.63. The second-order valence-corrected chi connectivity index (χ2v) is 5.70. The third kappa shape index (κ3) is 4.19. The van der Waals surface area contributed by atoms with E-state index in [9.17, 15) is 14.4 Å². The zero-order valence-electron chi connectivity index (χ0n) is 13.4. The predicted molar refractivity (Wildman–Crippen MR) is 84.3 cm³/mol. The monoisotopic (exact) mass is 311 g/mol. The summed E-state index contributed by atoms with van der Waals surface area (Å²) in [6, 6.07) is 9.94. The lowest BCUT2D eigenvalue weighted by Crippen LogP contribution is -2.17. The molecule has 0 saturated carbocycles. The Morgan fingerprint density at radius 2 is 1.91 bits per heavy atom. The van der Waals surface area contributed by atoms with Crippen LogP contribution in [0.25, 0.3) is 0 Å². The molecule has 0 bridgehead atoms. The summed E-state index contributed by atoms with van der Waals surface area (Å²) in [5.74, 6) is -1.53. The number of benzene rings is 1. The van der Waals surface area contributed by atoms with Crippen molar-refractivity contribution in [3.63, 3.8) is 0 Å². The first-order valence-electron chi connectivity index (χ1n) is 7.40. The highest BCUT2D eigenvalue weighted by atomic mass is 19.1. The van der Waals surface area contributed by atoms with Gasteiger partial charge in [-0.3, -0.25) is 4.79 Å². The zero-order chi connectivity index (χ0) is 17.0. The highest BCUT2D eigenvalue weighted by Crippen LogP contribution is 2.24. The van der Waals surface area contributed by atoms with Crippen molar-refractivity contribution in [3.05, 3.63) is 58.9 Å². The van der Waals surface area contributed by atoms with Crippen molar-refractivity contribution in [2.45, 2.75) is 39.0 Å². The Hall–Kier alpha value is -2.61. The SMILES string of the molecule is Cc1cc(C)nc([C@@H](C#N)C(=O)C[C@@H](C)c2cccc(F)c2)n1. The first-order valence-corrected chi connectivity index (χ1v) is 7.40. The van der Waals surface area contributed by atoms with Crippen LogP contribution in [-0.4, -0.2) is 15.8 Å². The molecule has 2 rings (SSSR count). The van der Waals surface area contributed by atoms with Crippen LogP contribution in [-0.2, 0) is 4.79 Å². The molecule has 1 aromatic carbocycles. The second kappa shape index (κ2) is 7.10. The van der Waals surface area contributed by atoms with E-state index in [1.807, 2.05) is 13.0 Å². The van der Waals surface area contributed by atoms with Crippen molar-refractivity contribution in [3.8, 4) is 6.07 Å². The Bertz CT molecular complexity index is 747. The van der Waals surface area contributed by atoms with Crippen LogP contribution in [0.2, 0.25) is 0 Å². The first kappa shape index (κ1) is 16.8. The fourth-order valence-electron chi connectivity index (χ4n) is 2.51. The van der Waals surface area contributed by atoms with E-state index in [1.54, 1.807) is 32.0 Å². The van der Waals surface area contributed by atoms with Gasteiger partial charge in [-0.25, -0.2) is 14.4 Å². The number of aryl methyl sites for hydroxylation is 2. The van der Waals surface area contributed by atoms with Crippen molar-refractivity contribution in [1.29, 1.82) is 5.26 Å². The van der Waals surface area contributed by atoms with Crippen LogP contribution in [0.1, 0.15) is 48.0 Å². The van der Waals surface area contributed by atoms with Gasteiger partial charge >= 0.3 is 0 Å². The van der Waals surface area contributed by atoms with Crippen LogP contribution >= 0.6 is 0 Å². The van der Waals surface area contributed by atoms with Crippen LogP contribution in [0.4, 0.5) is 4.39 Å². The molecule has 1 aromatic heterocycles. The Morgan fingerprint density at radius 1 is 1.26 bits per heavy atom. The van der Waals surface area contributed by atoms with Gasteiger partial charge in [0.15, 0.2) is 17.5 Å². The van der Waals surface area contributed by atoms with Crippen LogP contribution in [0, 0.1) is 31.0 Å². The summed E-state index contributed by atoms with van der Waals surface area (Å²) in [5, 5.41) is 9.35. The quantitative estimate of drug-likeness (QED) is 0.846. The van der Waals surface area contributed by atoms with E-state index in [4.69, 9.17) is 0 Å². The molecular weight excluding hydrogens is 293 g/mol. The van der Waals surface area contributed by atoms with Gasteiger partial charge < -0.3 is 0 Å². The van der Waals surface area contributed by atoms with Gasteiger partial charge in [-0.05, 0) is 43.5 Å². The maximum Gasteiger partial charge on any atom is 0.164 e. The number of aromatic nitrogens is 2. The van der Waals surface area contributed by atoms with Gasteiger partial charge in [0.2, 0.25) is 0 Å². The zero-order valence-corrected chi connectivity index (χ0v) is 13.4. The smallest absolute Gasteiger partial charge is 0.164 e. The molecule has 0 radical (unpaired) electrons. The summed E-state index contributed by atoms with van der Waals surface area (Å²) < 4.78 is 13.3. The number of hydrogen-bond donors (Lipinski definition) is 0. The molecule has 0 spiro atoms. The van der Waals surface area contributed by atoms with Gasteiger partial charge in [0.25, 0.3) is 0 Å². The van der Waals surface area contributed by atoms with Crippen molar-refractivity contribution < 1.29 is 9.18 Å². The van der Waals surface area contributed by atoms with E-state index in [0.29, 0.717) is 0 Å². The average Bonchev–Trinajstić information content (AvgIpc) is 2.46. The lowest BCUT2D eigenvalue weighted by Gasteiger charge is -2.14. The normalized spacial score (nSPS) is 13.2. The molecule has 2 aromatic rings. The second-order valence-electron chi connectivity index (χ2n) is 5.70. The summed E-state index contributed by atoms with van der Waals surface area (Å²) >= 11 is 0. The van der Waals surface area contributed by atoms with Gasteiger partial charge in [-0.15, -0.1) is 0 Å². The fourth-order valence-corrected chi connectivity index (χ4v) is 2.51. The van der Waals surface area contributed by atoms with Crippen molar-refractivity contribution in [1.82, 2.24) is 9.97 Å². The topological polar surface area (TPSA) is 66.6 Å². The number of carbonyl (C=O) groups is 1. The molecule has 0 saturated heterocycles. The van der Waals surface area contributed by atoms with E-state index >= 15 is 0 Å². The largest absolute Gasteiger partial charge is 0.298 e. The molecule has 118 valence electrons. The molecule has 23 heavy (non-hydrogen) atoms. The standard InChI is InChI=1S/C18H18FN3O/c1-11(14-5-4-6-15(19)9-14)7-17(23)16(10-20)18-21-12(2)8-13(3)22-18/h4-6,8-9,11,16H,7H2,1-3H3/t11-,16+/m1/s1. The van der Waals surface area contributed by atoms with Crippen molar-refractivity contribution in [2.24, 2.45) is 0 Å². The number of ketones is 1. The molecular formula is C18H18FN3O. The summed E-state index contributed by atoms with van der Waals surface area (Å²) in [4.78, 5) is 20.9. The van der Waals surface area contributed by atoms with Gasteiger partial charge in [0.1, 0.15) is 5.82 Å². The van der Waals surface area contributed by atoms with Gasteiger partial charge in [0, 0.05) is 17.8 Å². The van der Waals surface area contributed by atoms with Gasteiger partial charge in [-0.2, -0.15) is 5.26 Å². The summed E-state index contributed by atoms with van der Waals surface area (Å²) in [6.45, 7) is 5.43. The summed E-state index contributed by atoms with van der Waals surface area (Å²) in [7, 11) is 0. The molecule has 0 unspecified atom stereocenters. The van der Waals surface area contributed by atoms with Crippen LogP contribution in [0.15, 0.2) is 30.3 Å². The molecule has 0 fully saturated rings. The maximum absolute atomic E-state index is 13.3.